The largest absolute Gasteiger partial charge is 0.478 e. The van der Waals surface area contributed by atoms with Gasteiger partial charge in [0.1, 0.15) is 0 Å². The number of hydrogen-bond donors (Lipinski definition) is 2. The van der Waals surface area contributed by atoms with Gasteiger partial charge in [0.05, 0.1) is 6.54 Å². The third kappa shape index (κ3) is 7.27. The number of amides is 1. The van der Waals surface area contributed by atoms with Crippen molar-refractivity contribution in [3.63, 3.8) is 0 Å². The molecule has 0 radical (unpaired) electrons. The van der Waals surface area contributed by atoms with E-state index in [-0.39, 0.29) is 12.5 Å². The molecule has 0 spiro atoms. The van der Waals surface area contributed by atoms with Gasteiger partial charge in [0.2, 0.25) is 5.91 Å². The maximum Gasteiger partial charge on any atom is 0.328 e. The molecule has 0 atom stereocenters. The first kappa shape index (κ1) is 16.9. The van der Waals surface area contributed by atoms with Crippen molar-refractivity contribution >= 4 is 18.0 Å². The summed E-state index contributed by atoms with van der Waals surface area (Å²) in [6.45, 7) is 5.77. The van der Waals surface area contributed by atoms with E-state index in [0.717, 1.165) is 23.7 Å². The predicted molar refractivity (Wildman–Crippen MR) is 82.4 cm³/mol. The van der Waals surface area contributed by atoms with Crippen LogP contribution in [0, 0.1) is 5.92 Å². The van der Waals surface area contributed by atoms with Crippen LogP contribution >= 0.6 is 0 Å². The number of primary amides is 1. The van der Waals surface area contributed by atoms with E-state index >= 15 is 0 Å². The lowest BCUT2D eigenvalue weighted by Gasteiger charge is -2.23. The molecule has 21 heavy (non-hydrogen) atoms. The van der Waals surface area contributed by atoms with Crippen molar-refractivity contribution in [1.29, 1.82) is 0 Å². The van der Waals surface area contributed by atoms with Gasteiger partial charge in [0.25, 0.3) is 0 Å². The summed E-state index contributed by atoms with van der Waals surface area (Å²) >= 11 is 0. The second-order valence-electron chi connectivity index (χ2n) is 5.45. The predicted octanol–water partition coefficient (Wildman–Crippen LogP) is 1.73. The third-order valence-corrected chi connectivity index (χ3v) is 2.78. The number of carboxylic acids is 1. The highest BCUT2D eigenvalue weighted by Crippen LogP contribution is 2.11. The van der Waals surface area contributed by atoms with Gasteiger partial charge in [-0.3, -0.25) is 9.69 Å². The number of carbonyl (C=O) groups excluding carboxylic acids is 1. The normalized spacial score (nSPS) is 11.4. The lowest BCUT2D eigenvalue weighted by atomic mass is 10.1. The number of carbonyl (C=O) groups is 2. The number of benzene rings is 1. The zero-order valence-corrected chi connectivity index (χ0v) is 12.5. The second-order valence-corrected chi connectivity index (χ2v) is 5.45. The molecule has 0 bridgehead atoms. The van der Waals surface area contributed by atoms with E-state index in [4.69, 9.17) is 10.8 Å². The summed E-state index contributed by atoms with van der Waals surface area (Å²) < 4.78 is 0. The van der Waals surface area contributed by atoms with Crippen LogP contribution in [0.4, 0.5) is 0 Å². The zero-order valence-electron chi connectivity index (χ0n) is 12.5. The van der Waals surface area contributed by atoms with E-state index in [9.17, 15) is 9.59 Å². The topological polar surface area (TPSA) is 83.6 Å². The molecule has 3 N–H and O–H groups in total. The molecule has 0 saturated carbocycles. The fourth-order valence-electron chi connectivity index (χ4n) is 2.14. The molecule has 0 aromatic heterocycles. The lowest BCUT2D eigenvalue weighted by molar-refractivity contribution is -0.131. The Labute approximate surface area is 125 Å². The average molecular weight is 290 g/mol. The molecule has 1 aromatic carbocycles. The number of nitrogens with two attached hydrogens (primary N) is 1. The summed E-state index contributed by atoms with van der Waals surface area (Å²) in [5.41, 5.74) is 7.11. The molecule has 0 aliphatic heterocycles. The Balaban J connectivity index is 2.80. The van der Waals surface area contributed by atoms with Crippen LogP contribution in [-0.4, -0.2) is 35.0 Å². The van der Waals surface area contributed by atoms with Crippen molar-refractivity contribution in [2.45, 2.75) is 20.4 Å². The van der Waals surface area contributed by atoms with Crippen LogP contribution in [0.25, 0.3) is 6.08 Å². The maximum absolute atomic E-state index is 11.1. The first-order valence-electron chi connectivity index (χ1n) is 6.87. The molecule has 1 amide bonds. The molecule has 1 aromatic rings. The van der Waals surface area contributed by atoms with Gasteiger partial charge >= 0.3 is 5.97 Å². The van der Waals surface area contributed by atoms with Gasteiger partial charge in [-0.1, -0.05) is 38.1 Å². The summed E-state index contributed by atoms with van der Waals surface area (Å²) in [4.78, 5) is 23.7. The van der Waals surface area contributed by atoms with Crippen LogP contribution in [0.2, 0.25) is 0 Å². The quantitative estimate of drug-likeness (QED) is 0.714. The van der Waals surface area contributed by atoms with E-state index in [1.54, 1.807) is 6.08 Å². The van der Waals surface area contributed by atoms with Gasteiger partial charge in [-0.05, 0) is 23.1 Å². The van der Waals surface area contributed by atoms with Crippen LogP contribution in [0.15, 0.2) is 30.3 Å². The van der Waals surface area contributed by atoms with E-state index in [0.29, 0.717) is 12.5 Å². The Morgan fingerprint density at radius 2 is 2.10 bits per heavy atom. The SMILES string of the molecule is CC(C)CN(CC(N)=O)Cc1cccc(C=CC(=O)O)c1. The molecule has 5 heteroatoms. The van der Waals surface area contributed by atoms with Crippen molar-refractivity contribution in [2.75, 3.05) is 13.1 Å². The molecular weight excluding hydrogens is 268 g/mol. The highest BCUT2D eigenvalue weighted by atomic mass is 16.4. The minimum absolute atomic E-state index is 0.216. The Morgan fingerprint density at radius 3 is 2.67 bits per heavy atom. The van der Waals surface area contributed by atoms with Crippen LogP contribution in [0.1, 0.15) is 25.0 Å². The van der Waals surface area contributed by atoms with Crippen LogP contribution in [0.5, 0.6) is 0 Å². The van der Waals surface area contributed by atoms with E-state index in [1.165, 1.54) is 0 Å². The number of aliphatic carboxylic acids is 1. The van der Waals surface area contributed by atoms with Gasteiger partial charge in [-0.25, -0.2) is 4.79 Å². The van der Waals surface area contributed by atoms with Crippen molar-refractivity contribution in [1.82, 2.24) is 4.90 Å². The van der Waals surface area contributed by atoms with Gasteiger partial charge in [-0.15, -0.1) is 0 Å². The first-order valence-corrected chi connectivity index (χ1v) is 6.87. The van der Waals surface area contributed by atoms with E-state index < -0.39 is 5.97 Å². The number of nitrogens with zero attached hydrogens (tertiary/aromatic N) is 1. The van der Waals surface area contributed by atoms with Crippen molar-refractivity contribution in [2.24, 2.45) is 11.7 Å². The molecule has 0 saturated heterocycles. The average Bonchev–Trinajstić information content (AvgIpc) is 2.35. The maximum atomic E-state index is 11.1. The zero-order chi connectivity index (χ0) is 15.8. The smallest absolute Gasteiger partial charge is 0.328 e. The number of hydrogen-bond acceptors (Lipinski definition) is 3. The van der Waals surface area contributed by atoms with Crippen molar-refractivity contribution in [3.05, 3.63) is 41.5 Å². The Bertz CT molecular complexity index is 524. The Kier molecular flexibility index (Phi) is 6.62. The van der Waals surface area contributed by atoms with E-state index in [2.05, 4.69) is 13.8 Å². The van der Waals surface area contributed by atoms with Crippen molar-refractivity contribution in [3.8, 4) is 0 Å². The third-order valence-electron chi connectivity index (χ3n) is 2.78. The highest BCUT2D eigenvalue weighted by molar-refractivity contribution is 5.85. The molecule has 0 aliphatic carbocycles. The second kappa shape index (κ2) is 8.21. The summed E-state index contributed by atoms with van der Waals surface area (Å²) in [6, 6.07) is 7.57. The highest BCUT2D eigenvalue weighted by Gasteiger charge is 2.11. The fraction of sp³-hybridized carbons (Fsp3) is 0.375. The molecule has 5 nitrogen and oxygen atoms in total. The minimum Gasteiger partial charge on any atom is -0.478 e. The molecular formula is C16H22N2O3. The molecule has 1 rings (SSSR count). The standard InChI is InChI=1S/C16H22N2O3/c1-12(2)9-18(11-15(17)19)10-14-5-3-4-13(8-14)6-7-16(20)21/h3-8,12H,9-11H2,1-2H3,(H2,17,19)(H,20,21). The molecule has 114 valence electrons. The number of carboxylic acid groups (broad SMARTS) is 1. The van der Waals surface area contributed by atoms with Crippen LogP contribution < -0.4 is 5.73 Å². The van der Waals surface area contributed by atoms with Gasteiger partial charge < -0.3 is 10.8 Å². The minimum atomic E-state index is -0.976. The summed E-state index contributed by atoms with van der Waals surface area (Å²) in [6.07, 6.45) is 2.65. The summed E-state index contributed by atoms with van der Waals surface area (Å²) in [5.74, 6) is -0.896. The summed E-state index contributed by atoms with van der Waals surface area (Å²) in [7, 11) is 0. The fourth-order valence-corrected chi connectivity index (χ4v) is 2.14. The Morgan fingerprint density at radius 1 is 1.38 bits per heavy atom. The van der Waals surface area contributed by atoms with E-state index in [1.807, 2.05) is 29.2 Å². The first-order chi connectivity index (χ1) is 9.86. The van der Waals surface area contributed by atoms with Crippen molar-refractivity contribution < 1.29 is 14.7 Å². The molecule has 0 fully saturated rings. The van der Waals surface area contributed by atoms with Gasteiger partial charge in [0.15, 0.2) is 0 Å². The van der Waals surface area contributed by atoms with Gasteiger partial charge in [0, 0.05) is 19.2 Å². The van der Waals surface area contributed by atoms with Crippen LogP contribution in [-0.2, 0) is 16.1 Å². The lowest BCUT2D eigenvalue weighted by Crippen LogP contribution is -2.35. The Hall–Kier alpha value is -2.14. The van der Waals surface area contributed by atoms with Gasteiger partial charge in [-0.2, -0.15) is 0 Å². The molecule has 0 aliphatic rings. The summed E-state index contributed by atoms with van der Waals surface area (Å²) in [5, 5.41) is 8.64. The molecule has 0 unspecified atom stereocenters. The number of rotatable bonds is 8. The van der Waals surface area contributed by atoms with Crippen LogP contribution in [0.3, 0.4) is 0 Å². The molecule has 0 heterocycles. The monoisotopic (exact) mass is 290 g/mol.